The molecule has 104 valence electrons. The van der Waals surface area contributed by atoms with Gasteiger partial charge >= 0.3 is 0 Å². The van der Waals surface area contributed by atoms with E-state index >= 15 is 0 Å². The van der Waals surface area contributed by atoms with Crippen LogP contribution in [0.1, 0.15) is 15.9 Å². The molecule has 0 saturated carbocycles. The molecular weight excluding hydrogens is 323 g/mol. The predicted molar refractivity (Wildman–Crippen MR) is 81.3 cm³/mol. The van der Waals surface area contributed by atoms with Gasteiger partial charge < -0.3 is 10.6 Å². The molecule has 3 nitrogen and oxygen atoms in total. The van der Waals surface area contributed by atoms with Crippen LogP contribution in [0.15, 0.2) is 46.9 Å². The van der Waals surface area contributed by atoms with Gasteiger partial charge in [-0.2, -0.15) is 0 Å². The fraction of sp³-hybridized carbons (Fsp3) is 0.133. The van der Waals surface area contributed by atoms with Crippen LogP contribution in [0.4, 0.5) is 10.1 Å². The lowest BCUT2D eigenvalue weighted by molar-refractivity contribution is 0.102. The first-order valence-corrected chi connectivity index (χ1v) is 6.89. The molecule has 0 atom stereocenters. The van der Waals surface area contributed by atoms with E-state index in [1.165, 1.54) is 18.2 Å². The van der Waals surface area contributed by atoms with E-state index in [-0.39, 0.29) is 11.5 Å². The second-order valence-electron chi connectivity index (χ2n) is 4.31. The molecule has 0 aliphatic rings. The van der Waals surface area contributed by atoms with Gasteiger partial charge in [-0.05, 0) is 58.9 Å². The maximum Gasteiger partial charge on any atom is 0.256 e. The summed E-state index contributed by atoms with van der Waals surface area (Å²) in [5, 5.41) is 5.80. The van der Waals surface area contributed by atoms with E-state index < -0.39 is 5.82 Å². The molecular formula is C15H14BrFN2O. The minimum Gasteiger partial charge on any atom is -0.322 e. The Bertz CT molecular complexity index is 631. The number of hydrogen-bond donors (Lipinski definition) is 2. The number of amides is 1. The Kier molecular flexibility index (Phi) is 4.87. The zero-order valence-electron chi connectivity index (χ0n) is 10.9. The summed E-state index contributed by atoms with van der Waals surface area (Å²) in [4.78, 5) is 12.1. The molecule has 1 amide bonds. The first kappa shape index (κ1) is 14.7. The molecule has 0 aliphatic heterocycles. The van der Waals surface area contributed by atoms with E-state index in [1.807, 2.05) is 25.2 Å². The Morgan fingerprint density at radius 3 is 2.80 bits per heavy atom. The number of carbonyl (C=O) groups is 1. The Labute approximate surface area is 125 Å². The average Bonchev–Trinajstić information content (AvgIpc) is 2.42. The number of halogens is 2. The van der Waals surface area contributed by atoms with Gasteiger partial charge in [-0.1, -0.05) is 12.1 Å². The molecule has 0 radical (unpaired) electrons. The van der Waals surface area contributed by atoms with E-state index in [4.69, 9.17) is 0 Å². The van der Waals surface area contributed by atoms with Gasteiger partial charge in [0.05, 0.1) is 5.56 Å². The Morgan fingerprint density at radius 1 is 1.25 bits per heavy atom. The van der Waals surface area contributed by atoms with E-state index in [2.05, 4.69) is 26.6 Å². The van der Waals surface area contributed by atoms with Crippen molar-refractivity contribution in [1.29, 1.82) is 0 Å². The standard InChI is InChI=1S/C15H14BrFN2O/c1-18-9-10-3-2-4-12(7-10)19-15(20)13-8-11(17)5-6-14(13)16/h2-8,18H,9H2,1H3,(H,19,20). The molecule has 2 aromatic rings. The van der Waals surface area contributed by atoms with Crippen molar-refractivity contribution in [2.24, 2.45) is 0 Å². The molecule has 0 heterocycles. The van der Waals surface area contributed by atoms with Gasteiger partial charge in [0.25, 0.3) is 5.91 Å². The largest absolute Gasteiger partial charge is 0.322 e. The van der Waals surface area contributed by atoms with Crippen molar-refractivity contribution in [2.45, 2.75) is 6.54 Å². The van der Waals surface area contributed by atoms with Gasteiger partial charge in [0.2, 0.25) is 0 Å². The van der Waals surface area contributed by atoms with Gasteiger partial charge in [0.1, 0.15) is 5.82 Å². The highest BCUT2D eigenvalue weighted by Gasteiger charge is 2.11. The lowest BCUT2D eigenvalue weighted by atomic mass is 10.1. The third-order valence-electron chi connectivity index (χ3n) is 2.74. The molecule has 2 aromatic carbocycles. The average molecular weight is 337 g/mol. The summed E-state index contributed by atoms with van der Waals surface area (Å²) < 4.78 is 13.8. The third kappa shape index (κ3) is 3.65. The van der Waals surface area contributed by atoms with Crippen LogP contribution in [0.2, 0.25) is 0 Å². The number of benzene rings is 2. The predicted octanol–water partition coefficient (Wildman–Crippen LogP) is 3.56. The molecule has 2 N–H and O–H groups in total. The molecule has 0 aliphatic carbocycles. The highest BCUT2D eigenvalue weighted by Crippen LogP contribution is 2.20. The maximum absolute atomic E-state index is 13.2. The Hall–Kier alpha value is -1.72. The zero-order chi connectivity index (χ0) is 14.5. The van der Waals surface area contributed by atoms with Crippen LogP contribution >= 0.6 is 15.9 Å². The summed E-state index contributed by atoms with van der Waals surface area (Å²) in [6.07, 6.45) is 0. The summed E-state index contributed by atoms with van der Waals surface area (Å²) in [5.41, 5.74) is 2.01. The van der Waals surface area contributed by atoms with Crippen LogP contribution in [-0.4, -0.2) is 13.0 Å². The minimum absolute atomic E-state index is 0.268. The van der Waals surface area contributed by atoms with Gasteiger partial charge in [-0.25, -0.2) is 4.39 Å². The van der Waals surface area contributed by atoms with Crippen molar-refractivity contribution in [2.75, 3.05) is 12.4 Å². The molecule has 2 rings (SSSR count). The fourth-order valence-electron chi connectivity index (χ4n) is 1.83. The van der Waals surface area contributed by atoms with Crippen molar-refractivity contribution in [3.63, 3.8) is 0 Å². The van der Waals surface area contributed by atoms with E-state index in [9.17, 15) is 9.18 Å². The first-order chi connectivity index (χ1) is 9.60. The molecule has 0 spiro atoms. The summed E-state index contributed by atoms with van der Waals surface area (Å²) in [7, 11) is 1.86. The summed E-state index contributed by atoms with van der Waals surface area (Å²) in [6.45, 7) is 0.716. The maximum atomic E-state index is 13.2. The van der Waals surface area contributed by atoms with Crippen LogP contribution in [0.5, 0.6) is 0 Å². The first-order valence-electron chi connectivity index (χ1n) is 6.10. The van der Waals surface area contributed by atoms with Crippen molar-refractivity contribution in [1.82, 2.24) is 5.32 Å². The third-order valence-corrected chi connectivity index (χ3v) is 3.43. The summed E-state index contributed by atoms with van der Waals surface area (Å²) in [6, 6.07) is 11.5. The second kappa shape index (κ2) is 6.63. The molecule has 0 bridgehead atoms. The second-order valence-corrected chi connectivity index (χ2v) is 5.16. The SMILES string of the molecule is CNCc1cccc(NC(=O)c2cc(F)ccc2Br)c1. The van der Waals surface area contributed by atoms with Crippen LogP contribution in [-0.2, 0) is 6.54 Å². The summed E-state index contributed by atoms with van der Waals surface area (Å²) in [5.74, 6) is -0.791. The smallest absolute Gasteiger partial charge is 0.256 e. The van der Waals surface area contributed by atoms with Crippen molar-refractivity contribution >= 4 is 27.5 Å². The van der Waals surface area contributed by atoms with Crippen molar-refractivity contribution in [3.05, 3.63) is 63.9 Å². The topological polar surface area (TPSA) is 41.1 Å². The van der Waals surface area contributed by atoms with Gasteiger partial charge in [0.15, 0.2) is 0 Å². The molecule has 0 saturated heterocycles. The lowest BCUT2D eigenvalue weighted by Gasteiger charge is -2.08. The van der Waals surface area contributed by atoms with E-state index in [0.717, 1.165) is 5.56 Å². The van der Waals surface area contributed by atoms with E-state index in [0.29, 0.717) is 16.7 Å². The van der Waals surface area contributed by atoms with Crippen LogP contribution in [0.3, 0.4) is 0 Å². The molecule has 0 fully saturated rings. The molecule has 5 heteroatoms. The monoisotopic (exact) mass is 336 g/mol. The van der Waals surface area contributed by atoms with Crippen LogP contribution < -0.4 is 10.6 Å². The van der Waals surface area contributed by atoms with Crippen molar-refractivity contribution in [3.8, 4) is 0 Å². The fourth-order valence-corrected chi connectivity index (χ4v) is 2.26. The highest BCUT2D eigenvalue weighted by molar-refractivity contribution is 9.10. The molecule has 0 aromatic heterocycles. The molecule has 20 heavy (non-hydrogen) atoms. The van der Waals surface area contributed by atoms with Crippen LogP contribution in [0.25, 0.3) is 0 Å². The number of nitrogens with one attached hydrogen (secondary N) is 2. The van der Waals surface area contributed by atoms with Crippen molar-refractivity contribution < 1.29 is 9.18 Å². The zero-order valence-corrected chi connectivity index (χ0v) is 12.5. The number of anilines is 1. The summed E-state index contributed by atoms with van der Waals surface area (Å²) >= 11 is 3.25. The number of rotatable bonds is 4. The van der Waals surface area contributed by atoms with Gasteiger partial charge in [-0.15, -0.1) is 0 Å². The lowest BCUT2D eigenvalue weighted by Crippen LogP contribution is -2.13. The quantitative estimate of drug-likeness (QED) is 0.896. The highest BCUT2D eigenvalue weighted by atomic mass is 79.9. The number of hydrogen-bond acceptors (Lipinski definition) is 2. The van der Waals surface area contributed by atoms with Gasteiger partial charge in [0, 0.05) is 16.7 Å². The molecule has 0 unspecified atom stereocenters. The Balaban J connectivity index is 2.19. The van der Waals surface area contributed by atoms with E-state index in [1.54, 1.807) is 6.07 Å². The minimum atomic E-state index is -0.442. The number of carbonyl (C=O) groups excluding carboxylic acids is 1. The van der Waals surface area contributed by atoms with Crippen LogP contribution in [0, 0.1) is 5.82 Å². The van der Waals surface area contributed by atoms with Gasteiger partial charge in [-0.3, -0.25) is 4.79 Å². The Morgan fingerprint density at radius 2 is 2.05 bits per heavy atom. The normalized spacial score (nSPS) is 10.3.